The molecule has 1 aromatic carbocycles. The first-order valence-electron chi connectivity index (χ1n) is 8.08. The molecule has 2 N–H and O–H groups in total. The lowest BCUT2D eigenvalue weighted by Crippen LogP contribution is -2.36. The SMILES string of the molecule is O=C(O)c1cc(S(=O)(=O)NC[C@@H](c2ccccc2)N2CCCC2)cs1. The van der Waals surface area contributed by atoms with Crippen LogP contribution in [0.2, 0.25) is 0 Å². The summed E-state index contributed by atoms with van der Waals surface area (Å²) in [5.41, 5.74) is 1.07. The van der Waals surface area contributed by atoms with Crippen LogP contribution in [-0.4, -0.2) is 44.0 Å². The number of nitrogens with zero attached hydrogens (tertiary/aromatic N) is 1. The largest absolute Gasteiger partial charge is 0.477 e. The van der Waals surface area contributed by atoms with Crippen LogP contribution in [0.5, 0.6) is 0 Å². The van der Waals surface area contributed by atoms with Gasteiger partial charge in [0.2, 0.25) is 10.0 Å². The number of carboxylic acids is 1. The van der Waals surface area contributed by atoms with E-state index in [4.69, 9.17) is 5.11 Å². The normalized spacial score (nSPS) is 16.8. The molecule has 1 atom stereocenters. The molecular formula is C17H20N2O4S2. The second kappa shape index (κ2) is 7.65. The van der Waals surface area contributed by atoms with E-state index in [1.807, 2.05) is 30.3 Å². The fraction of sp³-hybridized carbons (Fsp3) is 0.353. The first-order valence-corrected chi connectivity index (χ1v) is 10.4. The number of likely N-dealkylation sites (tertiary alicyclic amines) is 1. The van der Waals surface area contributed by atoms with Gasteiger partial charge in [-0.25, -0.2) is 17.9 Å². The Morgan fingerprint density at radius 3 is 2.52 bits per heavy atom. The van der Waals surface area contributed by atoms with E-state index in [1.54, 1.807) is 0 Å². The van der Waals surface area contributed by atoms with E-state index in [9.17, 15) is 13.2 Å². The van der Waals surface area contributed by atoms with Crippen molar-refractivity contribution < 1.29 is 18.3 Å². The maximum atomic E-state index is 12.5. The van der Waals surface area contributed by atoms with Crippen molar-refractivity contribution in [3.05, 3.63) is 52.2 Å². The van der Waals surface area contributed by atoms with Gasteiger partial charge >= 0.3 is 5.97 Å². The molecule has 1 aliphatic heterocycles. The molecule has 1 aromatic heterocycles. The van der Waals surface area contributed by atoms with Crippen molar-refractivity contribution >= 4 is 27.3 Å². The molecule has 134 valence electrons. The van der Waals surface area contributed by atoms with Crippen molar-refractivity contribution in [2.45, 2.75) is 23.8 Å². The van der Waals surface area contributed by atoms with Crippen LogP contribution in [0.3, 0.4) is 0 Å². The zero-order valence-corrected chi connectivity index (χ0v) is 15.2. The van der Waals surface area contributed by atoms with Crippen LogP contribution in [0.4, 0.5) is 0 Å². The summed E-state index contributed by atoms with van der Waals surface area (Å²) in [4.78, 5) is 13.3. The van der Waals surface area contributed by atoms with Crippen LogP contribution in [0.25, 0.3) is 0 Å². The number of aromatic carboxylic acids is 1. The summed E-state index contributed by atoms with van der Waals surface area (Å²) in [6, 6.07) is 11.0. The Bertz CT molecular complexity index is 827. The highest BCUT2D eigenvalue weighted by atomic mass is 32.2. The van der Waals surface area contributed by atoms with Gasteiger partial charge in [0.05, 0.1) is 4.90 Å². The molecule has 0 aliphatic carbocycles. The molecule has 1 fully saturated rings. The summed E-state index contributed by atoms with van der Waals surface area (Å²) in [6.07, 6.45) is 2.23. The molecule has 25 heavy (non-hydrogen) atoms. The summed E-state index contributed by atoms with van der Waals surface area (Å²) in [5, 5.41) is 10.3. The minimum atomic E-state index is -3.74. The summed E-state index contributed by atoms with van der Waals surface area (Å²) in [7, 11) is -3.74. The molecule has 2 heterocycles. The minimum Gasteiger partial charge on any atom is -0.477 e. The van der Waals surface area contributed by atoms with Crippen molar-refractivity contribution in [1.29, 1.82) is 0 Å². The van der Waals surface area contributed by atoms with Gasteiger partial charge in [0.15, 0.2) is 0 Å². The number of nitrogens with one attached hydrogen (secondary N) is 1. The quantitative estimate of drug-likeness (QED) is 0.771. The lowest BCUT2D eigenvalue weighted by atomic mass is 10.1. The molecule has 0 bridgehead atoms. The van der Waals surface area contributed by atoms with Crippen molar-refractivity contribution in [3.63, 3.8) is 0 Å². The molecule has 3 rings (SSSR count). The highest BCUT2D eigenvalue weighted by Gasteiger charge is 2.26. The fourth-order valence-electron chi connectivity index (χ4n) is 3.03. The number of benzene rings is 1. The second-order valence-corrected chi connectivity index (χ2v) is 8.65. The monoisotopic (exact) mass is 380 g/mol. The van der Waals surface area contributed by atoms with Gasteiger partial charge in [-0.05, 0) is 37.6 Å². The topological polar surface area (TPSA) is 86.7 Å². The van der Waals surface area contributed by atoms with Crippen molar-refractivity contribution in [3.8, 4) is 0 Å². The summed E-state index contributed by atoms with van der Waals surface area (Å²) >= 11 is 0.911. The number of carboxylic acid groups (broad SMARTS) is 1. The molecule has 0 amide bonds. The Balaban J connectivity index is 1.76. The Morgan fingerprint density at radius 1 is 1.24 bits per heavy atom. The Labute approximate surface area is 151 Å². The number of thiophene rings is 1. The standard InChI is InChI=1S/C17H20N2O4S2/c20-17(21)16-10-14(12-24-16)25(22,23)18-11-15(19-8-4-5-9-19)13-6-2-1-3-7-13/h1-3,6-7,10,12,15,18H,4-5,8-9,11H2,(H,20,21)/t15-/m0/s1. The first-order chi connectivity index (χ1) is 12.0. The molecule has 1 aliphatic rings. The van der Waals surface area contributed by atoms with Gasteiger partial charge in [-0.1, -0.05) is 30.3 Å². The Hall–Kier alpha value is -1.74. The van der Waals surface area contributed by atoms with Gasteiger partial charge in [-0.15, -0.1) is 11.3 Å². The lowest BCUT2D eigenvalue weighted by molar-refractivity contribution is 0.0702. The maximum Gasteiger partial charge on any atom is 0.345 e. The van der Waals surface area contributed by atoms with Crippen LogP contribution in [-0.2, 0) is 10.0 Å². The van der Waals surface area contributed by atoms with E-state index < -0.39 is 16.0 Å². The predicted molar refractivity (Wildman–Crippen MR) is 96.5 cm³/mol. The molecule has 8 heteroatoms. The smallest absolute Gasteiger partial charge is 0.345 e. The maximum absolute atomic E-state index is 12.5. The average Bonchev–Trinajstić information content (AvgIpc) is 3.28. The molecule has 1 saturated heterocycles. The lowest BCUT2D eigenvalue weighted by Gasteiger charge is -2.28. The van der Waals surface area contributed by atoms with Gasteiger partial charge in [-0.3, -0.25) is 4.90 Å². The van der Waals surface area contributed by atoms with E-state index >= 15 is 0 Å². The van der Waals surface area contributed by atoms with Crippen LogP contribution in [0.1, 0.15) is 34.1 Å². The predicted octanol–water partition coefficient (Wildman–Crippen LogP) is 2.56. The average molecular weight is 380 g/mol. The van der Waals surface area contributed by atoms with Crippen LogP contribution >= 0.6 is 11.3 Å². The second-order valence-electron chi connectivity index (χ2n) is 5.97. The third-order valence-corrected chi connectivity index (χ3v) is 6.80. The van der Waals surface area contributed by atoms with E-state index in [0.29, 0.717) is 0 Å². The van der Waals surface area contributed by atoms with Crippen molar-refractivity contribution in [2.24, 2.45) is 0 Å². The van der Waals surface area contributed by atoms with Gasteiger partial charge in [0, 0.05) is 18.0 Å². The van der Waals surface area contributed by atoms with Gasteiger partial charge in [-0.2, -0.15) is 0 Å². The third-order valence-electron chi connectivity index (χ3n) is 4.33. The first kappa shape index (κ1) is 18.1. The third kappa shape index (κ3) is 4.27. The number of rotatable bonds is 7. The van der Waals surface area contributed by atoms with Gasteiger partial charge < -0.3 is 5.11 Å². The van der Waals surface area contributed by atoms with E-state index in [2.05, 4.69) is 9.62 Å². The molecule has 0 spiro atoms. The molecule has 6 nitrogen and oxygen atoms in total. The molecule has 2 aromatic rings. The van der Waals surface area contributed by atoms with Crippen molar-refractivity contribution in [2.75, 3.05) is 19.6 Å². The molecule has 0 unspecified atom stereocenters. The number of sulfonamides is 1. The van der Waals surface area contributed by atoms with E-state index in [0.717, 1.165) is 42.8 Å². The van der Waals surface area contributed by atoms with Crippen LogP contribution in [0.15, 0.2) is 46.7 Å². The number of carbonyl (C=O) groups is 1. The number of hydrogen-bond donors (Lipinski definition) is 2. The summed E-state index contributed by atoms with van der Waals surface area (Å²) in [6.45, 7) is 2.15. The Morgan fingerprint density at radius 2 is 1.92 bits per heavy atom. The zero-order valence-electron chi connectivity index (χ0n) is 13.6. The van der Waals surface area contributed by atoms with E-state index in [1.165, 1.54) is 11.4 Å². The molecule has 0 radical (unpaired) electrons. The highest BCUT2D eigenvalue weighted by molar-refractivity contribution is 7.89. The zero-order chi connectivity index (χ0) is 17.9. The minimum absolute atomic E-state index is 0.00290. The summed E-state index contributed by atoms with van der Waals surface area (Å²) < 4.78 is 27.7. The highest BCUT2D eigenvalue weighted by Crippen LogP contribution is 2.25. The fourth-order valence-corrected chi connectivity index (χ4v) is 5.18. The van der Waals surface area contributed by atoms with Crippen molar-refractivity contribution in [1.82, 2.24) is 9.62 Å². The van der Waals surface area contributed by atoms with E-state index in [-0.39, 0.29) is 22.4 Å². The van der Waals surface area contributed by atoms with Crippen LogP contribution < -0.4 is 4.72 Å². The Kier molecular flexibility index (Phi) is 5.53. The van der Waals surface area contributed by atoms with Gasteiger partial charge in [0.1, 0.15) is 4.88 Å². The van der Waals surface area contributed by atoms with Crippen LogP contribution in [0, 0.1) is 0 Å². The number of hydrogen-bond acceptors (Lipinski definition) is 5. The molecule has 0 saturated carbocycles. The summed E-state index contributed by atoms with van der Waals surface area (Å²) in [5.74, 6) is -1.12. The molecular weight excluding hydrogens is 360 g/mol. The van der Waals surface area contributed by atoms with Gasteiger partial charge in [0.25, 0.3) is 0 Å².